The van der Waals surface area contributed by atoms with E-state index in [2.05, 4.69) is 0 Å². The Bertz CT molecular complexity index is 809. The molecule has 1 aromatic rings. The number of allylic oxidation sites excluding steroid dienone is 2. The summed E-state index contributed by atoms with van der Waals surface area (Å²) in [7, 11) is 2.43. The second-order valence-electron chi connectivity index (χ2n) is 6.76. The molecule has 0 radical (unpaired) electrons. The summed E-state index contributed by atoms with van der Waals surface area (Å²) in [6.07, 6.45) is 4.84. The van der Waals surface area contributed by atoms with Crippen molar-refractivity contribution in [3.8, 4) is 0 Å². The van der Waals surface area contributed by atoms with Crippen molar-refractivity contribution in [3.63, 3.8) is 0 Å². The number of rotatable bonds is 3. The standard InChI is InChI=1S/C19H17NO6/c1-25-18(23)11-6-12(19(24)26-2)8-13(7-11)20-16(21)14-9-3-4-10(5-9)15(14)17(20)22/h3-4,6-10,14-15H,5H2,1-2H3/t9-,10-,14+,15+/m0/s1. The Morgan fingerprint density at radius 3 is 1.77 bits per heavy atom. The summed E-state index contributed by atoms with van der Waals surface area (Å²) in [5.74, 6) is -2.47. The van der Waals surface area contributed by atoms with Crippen molar-refractivity contribution in [3.05, 3.63) is 41.5 Å². The van der Waals surface area contributed by atoms with Gasteiger partial charge in [0.05, 0.1) is 42.9 Å². The Kier molecular flexibility index (Phi) is 3.68. The lowest BCUT2D eigenvalue weighted by Crippen LogP contribution is -2.33. The Balaban J connectivity index is 1.78. The van der Waals surface area contributed by atoms with Crippen LogP contribution >= 0.6 is 0 Å². The molecule has 4 rings (SSSR count). The lowest BCUT2D eigenvalue weighted by Gasteiger charge is -2.18. The third-order valence-corrected chi connectivity index (χ3v) is 5.49. The number of ether oxygens (including phenoxy) is 2. The zero-order chi connectivity index (χ0) is 18.6. The van der Waals surface area contributed by atoms with Gasteiger partial charge in [-0.25, -0.2) is 14.5 Å². The normalized spacial score (nSPS) is 28.5. The Labute approximate surface area is 149 Å². The molecule has 1 heterocycles. The highest BCUT2D eigenvalue weighted by Gasteiger charge is 2.59. The van der Waals surface area contributed by atoms with Crippen LogP contribution in [0, 0.1) is 23.7 Å². The molecule has 0 N–H and O–H groups in total. The molecule has 2 aliphatic carbocycles. The number of imide groups is 1. The molecular weight excluding hydrogens is 338 g/mol. The highest BCUT2D eigenvalue weighted by atomic mass is 16.5. The lowest BCUT2D eigenvalue weighted by molar-refractivity contribution is -0.123. The van der Waals surface area contributed by atoms with Crippen LogP contribution in [-0.2, 0) is 19.1 Å². The maximum Gasteiger partial charge on any atom is 0.337 e. The molecule has 7 heteroatoms. The van der Waals surface area contributed by atoms with Crippen molar-refractivity contribution in [1.82, 2.24) is 0 Å². The molecule has 7 nitrogen and oxygen atoms in total. The van der Waals surface area contributed by atoms with E-state index in [9.17, 15) is 19.2 Å². The summed E-state index contributed by atoms with van der Waals surface area (Å²) in [6, 6.07) is 4.10. The molecule has 2 bridgehead atoms. The van der Waals surface area contributed by atoms with Gasteiger partial charge in [0.1, 0.15) is 0 Å². The molecule has 0 spiro atoms. The molecule has 0 unspecified atom stereocenters. The third-order valence-electron chi connectivity index (χ3n) is 5.49. The number of anilines is 1. The number of hydrogen-bond donors (Lipinski definition) is 0. The van der Waals surface area contributed by atoms with Crippen LogP contribution in [0.25, 0.3) is 0 Å². The molecule has 2 amide bonds. The third kappa shape index (κ3) is 2.20. The van der Waals surface area contributed by atoms with Crippen molar-refractivity contribution < 1.29 is 28.7 Å². The minimum atomic E-state index is -0.668. The average Bonchev–Trinajstić information content (AvgIpc) is 3.33. The van der Waals surface area contributed by atoms with E-state index in [1.807, 2.05) is 12.2 Å². The van der Waals surface area contributed by atoms with Crippen molar-refractivity contribution in [1.29, 1.82) is 0 Å². The van der Waals surface area contributed by atoms with Gasteiger partial charge in [-0.3, -0.25) is 9.59 Å². The molecule has 0 aromatic heterocycles. The summed E-state index contributed by atoms with van der Waals surface area (Å²) in [6.45, 7) is 0. The van der Waals surface area contributed by atoms with Gasteiger partial charge in [0.15, 0.2) is 0 Å². The number of carbonyl (C=O) groups is 4. The van der Waals surface area contributed by atoms with Gasteiger partial charge in [0.25, 0.3) is 0 Å². The fourth-order valence-electron chi connectivity index (χ4n) is 4.37. The summed E-state index contributed by atoms with van der Waals surface area (Å²) >= 11 is 0. The SMILES string of the molecule is COC(=O)c1cc(C(=O)OC)cc(N2C(=O)[C@H]3[C@H](C2=O)[C@H]2C=C[C@H]3C2)c1. The first-order chi connectivity index (χ1) is 12.5. The van der Waals surface area contributed by atoms with Crippen LogP contribution in [0.5, 0.6) is 0 Å². The Hall–Kier alpha value is -2.96. The smallest absolute Gasteiger partial charge is 0.337 e. The Morgan fingerprint density at radius 1 is 0.885 bits per heavy atom. The molecular formula is C19H17NO6. The monoisotopic (exact) mass is 355 g/mol. The largest absolute Gasteiger partial charge is 0.465 e. The van der Waals surface area contributed by atoms with E-state index in [1.165, 1.54) is 32.4 Å². The summed E-state index contributed by atoms with van der Waals surface area (Å²) < 4.78 is 9.41. The number of benzene rings is 1. The minimum Gasteiger partial charge on any atom is -0.465 e. The van der Waals surface area contributed by atoms with E-state index in [0.717, 1.165) is 11.3 Å². The maximum absolute atomic E-state index is 12.9. The first-order valence-corrected chi connectivity index (χ1v) is 8.34. The van der Waals surface area contributed by atoms with Crippen molar-refractivity contribution in [2.24, 2.45) is 23.7 Å². The van der Waals surface area contributed by atoms with E-state index in [-0.39, 0.29) is 52.3 Å². The zero-order valence-corrected chi connectivity index (χ0v) is 14.3. The van der Waals surface area contributed by atoms with E-state index >= 15 is 0 Å². The van der Waals surface area contributed by atoms with Crippen LogP contribution in [0.4, 0.5) is 5.69 Å². The van der Waals surface area contributed by atoms with Crippen molar-refractivity contribution in [2.45, 2.75) is 6.42 Å². The van der Waals surface area contributed by atoms with Crippen LogP contribution < -0.4 is 4.90 Å². The summed E-state index contributed by atoms with van der Waals surface area (Å²) in [5.41, 5.74) is 0.338. The minimum absolute atomic E-state index is 0.0733. The fraction of sp³-hybridized carbons (Fsp3) is 0.368. The Morgan fingerprint density at radius 2 is 1.35 bits per heavy atom. The number of fused-ring (bicyclic) bond motifs is 5. The van der Waals surface area contributed by atoms with Gasteiger partial charge >= 0.3 is 11.9 Å². The number of amides is 2. The van der Waals surface area contributed by atoms with E-state index < -0.39 is 11.9 Å². The molecule has 4 atom stereocenters. The van der Waals surface area contributed by atoms with E-state index in [1.54, 1.807) is 0 Å². The predicted molar refractivity (Wildman–Crippen MR) is 89.3 cm³/mol. The second-order valence-corrected chi connectivity index (χ2v) is 6.76. The van der Waals surface area contributed by atoms with Gasteiger partial charge in [0.2, 0.25) is 11.8 Å². The number of methoxy groups -OCH3 is 2. The lowest BCUT2D eigenvalue weighted by atomic mass is 9.85. The number of hydrogen-bond acceptors (Lipinski definition) is 6. The molecule has 1 aromatic carbocycles. The predicted octanol–water partition coefficient (Wildman–Crippen LogP) is 1.57. The van der Waals surface area contributed by atoms with Crippen molar-refractivity contribution in [2.75, 3.05) is 19.1 Å². The highest BCUT2D eigenvalue weighted by Crippen LogP contribution is 2.53. The summed E-state index contributed by atoms with van der Waals surface area (Å²) in [5, 5.41) is 0. The van der Waals surface area contributed by atoms with E-state index in [4.69, 9.17) is 9.47 Å². The van der Waals surface area contributed by atoms with Gasteiger partial charge in [-0.05, 0) is 36.5 Å². The van der Waals surface area contributed by atoms with Gasteiger partial charge in [-0.2, -0.15) is 0 Å². The van der Waals surface area contributed by atoms with Gasteiger partial charge in [-0.15, -0.1) is 0 Å². The molecule has 1 saturated heterocycles. The molecule has 26 heavy (non-hydrogen) atoms. The molecule has 1 saturated carbocycles. The van der Waals surface area contributed by atoms with Crippen molar-refractivity contribution >= 4 is 29.4 Å². The van der Waals surface area contributed by atoms with Gasteiger partial charge in [-0.1, -0.05) is 12.2 Å². The number of esters is 2. The highest BCUT2D eigenvalue weighted by molar-refractivity contribution is 6.23. The van der Waals surface area contributed by atoms with E-state index in [0.29, 0.717) is 0 Å². The number of nitrogens with zero attached hydrogens (tertiary/aromatic N) is 1. The topological polar surface area (TPSA) is 90.0 Å². The van der Waals surface area contributed by atoms with Gasteiger partial charge < -0.3 is 9.47 Å². The fourth-order valence-corrected chi connectivity index (χ4v) is 4.37. The molecule has 134 valence electrons. The van der Waals surface area contributed by atoms with Crippen LogP contribution in [0.3, 0.4) is 0 Å². The average molecular weight is 355 g/mol. The van der Waals surface area contributed by atoms with Gasteiger partial charge in [0, 0.05) is 0 Å². The second kappa shape index (κ2) is 5.79. The molecule has 2 fully saturated rings. The van der Waals surface area contributed by atoms with Crippen LogP contribution in [-0.4, -0.2) is 38.0 Å². The van der Waals surface area contributed by atoms with Crippen LogP contribution in [0.1, 0.15) is 27.1 Å². The zero-order valence-electron chi connectivity index (χ0n) is 14.3. The van der Waals surface area contributed by atoms with Crippen LogP contribution in [0.2, 0.25) is 0 Å². The maximum atomic E-state index is 12.9. The quantitative estimate of drug-likeness (QED) is 0.464. The first kappa shape index (κ1) is 16.5. The number of carbonyl (C=O) groups excluding carboxylic acids is 4. The first-order valence-electron chi connectivity index (χ1n) is 8.34. The summed E-state index contributed by atoms with van der Waals surface area (Å²) in [4.78, 5) is 50.8. The van der Waals surface area contributed by atoms with Crippen LogP contribution in [0.15, 0.2) is 30.4 Å². The molecule has 1 aliphatic heterocycles. The molecule has 3 aliphatic rings.